The zero-order valence-electron chi connectivity index (χ0n) is 47.9. The molecule has 0 saturated carbocycles. The Morgan fingerprint density at radius 2 is 0.711 bits per heavy atom. The third kappa shape index (κ3) is 5.09. The van der Waals surface area contributed by atoms with Gasteiger partial charge in [0.05, 0.1) is 56.6 Å². The average molecular weight is 1140 g/mol. The summed E-state index contributed by atoms with van der Waals surface area (Å²) in [6.07, 6.45) is 0. The van der Waals surface area contributed by atoms with Crippen LogP contribution in [-0.2, 0) is 0 Å². The summed E-state index contributed by atoms with van der Waals surface area (Å²) in [6, 6.07) is 87.0. The molecule has 6 aromatic heterocycles. The summed E-state index contributed by atoms with van der Waals surface area (Å²) in [6.45, 7) is 9.23. The number of nitrogens with zero attached hydrogens (tertiary/aromatic N) is 4. The Morgan fingerprint density at radius 3 is 1.13 bits per heavy atom. The predicted octanol–water partition coefficient (Wildman–Crippen LogP) is 21.5. The molecule has 6 heteroatoms. The first kappa shape index (κ1) is 46.3. The Labute approximate surface area is 512 Å². The van der Waals surface area contributed by atoms with Crippen molar-refractivity contribution >= 4 is 126 Å². The van der Waals surface area contributed by atoms with E-state index in [1.807, 2.05) is 0 Å². The highest BCUT2D eigenvalue weighted by Gasteiger charge is 2.47. The Kier molecular flexibility index (Phi) is 8.11. The van der Waals surface area contributed by atoms with Gasteiger partial charge in [0.1, 0.15) is 22.3 Å². The second-order valence-corrected chi connectivity index (χ2v) is 25.6. The number of nitriles is 1. The van der Waals surface area contributed by atoms with Crippen LogP contribution in [0, 0.1) is 17.9 Å². The van der Waals surface area contributed by atoms with Gasteiger partial charge in [-0.15, -0.1) is 0 Å². The summed E-state index contributed by atoms with van der Waals surface area (Å²) < 4.78 is 19.9. The van der Waals surface area contributed by atoms with E-state index in [0.29, 0.717) is 11.3 Å². The molecule has 0 fully saturated rings. The molecule has 6 aliphatic rings. The Balaban J connectivity index is 0.983. The summed E-state index contributed by atoms with van der Waals surface area (Å²) >= 11 is 0. The molecule has 0 radical (unpaired) electrons. The van der Waals surface area contributed by atoms with E-state index in [4.69, 9.17) is 8.83 Å². The van der Waals surface area contributed by atoms with Crippen molar-refractivity contribution in [3.05, 3.63) is 314 Å². The zero-order valence-corrected chi connectivity index (χ0v) is 47.9. The van der Waals surface area contributed by atoms with Crippen LogP contribution in [0.3, 0.4) is 0 Å². The maximum Gasteiger partial charge on any atom is 0.193 e. The number of furan rings is 2. The molecule has 0 aliphatic heterocycles. The van der Waals surface area contributed by atoms with Crippen molar-refractivity contribution in [2.75, 3.05) is 0 Å². The molecule has 19 aromatic rings. The Bertz CT molecular complexity index is 6200. The first-order chi connectivity index (χ1) is 44.7. The molecule has 6 heterocycles. The Morgan fingerprint density at radius 1 is 0.344 bits per heavy atom. The van der Waals surface area contributed by atoms with E-state index in [0.717, 1.165) is 153 Å². The summed E-state index contributed by atoms with van der Waals surface area (Å²) in [7, 11) is 0. The van der Waals surface area contributed by atoms with Gasteiger partial charge in [0.25, 0.3) is 0 Å². The molecule has 13 aromatic carbocycles. The fourth-order valence-electron chi connectivity index (χ4n) is 18.9. The van der Waals surface area contributed by atoms with Crippen LogP contribution in [0.4, 0.5) is 5.69 Å². The molecule has 4 bridgehead atoms. The number of hydrogen-bond acceptors (Lipinski definition) is 3. The fourth-order valence-corrected chi connectivity index (χ4v) is 18.9. The second-order valence-electron chi connectivity index (χ2n) is 25.6. The summed E-state index contributed by atoms with van der Waals surface area (Å²) in [5.41, 5.74) is 30.3. The van der Waals surface area contributed by atoms with E-state index in [1.54, 1.807) is 0 Å². The minimum atomic E-state index is -0.122. The molecule has 0 amide bonds. The van der Waals surface area contributed by atoms with E-state index < -0.39 is 0 Å². The van der Waals surface area contributed by atoms with Gasteiger partial charge in [-0.3, -0.25) is 0 Å². The minimum absolute atomic E-state index is 0.110. The molecular formula is C84H42N4O2. The van der Waals surface area contributed by atoms with E-state index in [1.165, 1.54) is 55.6 Å². The fraction of sp³-hybridized carbons (Fsp3) is 0.0476. The number of hydrogen-bond donors (Lipinski definition) is 0. The second kappa shape index (κ2) is 15.8. The number of para-hydroxylation sites is 2. The highest BCUT2D eigenvalue weighted by molar-refractivity contribution is 6.43. The van der Waals surface area contributed by atoms with E-state index in [-0.39, 0.29) is 23.7 Å². The standard InChI is InChI=1S/C84H42N4O2/c1-86-56-39-60-76(78-69-50-30-14-10-26-46(50)67(74(56)78)47-27-11-15-31-51(47)69)80-82-71(64(42-22-6-3-7-23-42)73-53-33-17-19-35-62(53)90-84(73)80)55-37-57-54(38-58(55)88(60)82)70-63(41-20-4-2-5-21-41)72-52-32-16-18-34-61(52)89-83(72)79-75-59(87(57)81(70)79)36-43(40-85)65-66-44-24-8-12-28-48(44)68(77(65)75)49-29-13-9-25-45(49)66/h2-39,66-69H. The SMILES string of the molecule is [C-]#[N+]c1cc2c(c3c1C1c4ccccc4C3c3ccccc31)c1c3oc4ccccc4c3c(-c3ccccc3)c3c4cc5c(cc4n2c31)c1c(-c2ccccc2)c2c3ccccc3oc2c2c3c4c(c(C#N)cc3n5c12)C1c2ccccc2C4c2ccccc21. The normalized spacial score (nSPS) is 16.9. The summed E-state index contributed by atoms with van der Waals surface area (Å²) in [5, 5.41) is 24.9. The van der Waals surface area contributed by atoms with Crippen molar-refractivity contribution in [3.63, 3.8) is 0 Å². The third-order valence-electron chi connectivity index (χ3n) is 21.9. The first-order valence-electron chi connectivity index (χ1n) is 31.1. The highest BCUT2D eigenvalue weighted by Crippen LogP contribution is 2.65. The van der Waals surface area contributed by atoms with Crippen molar-refractivity contribution in [3.8, 4) is 28.3 Å². The van der Waals surface area contributed by atoms with Crippen LogP contribution in [0.5, 0.6) is 0 Å². The van der Waals surface area contributed by atoms with Crippen LogP contribution < -0.4 is 0 Å². The van der Waals surface area contributed by atoms with Crippen LogP contribution in [0.15, 0.2) is 239 Å². The van der Waals surface area contributed by atoms with Gasteiger partial charge in [-0.2, -0.15) is 5.26 Å². The third-order valence-corrected chi connectivity index (χ3v) is 21.9. The lowest BCUT2D eigenvalue weighted by atomic mass is 9.59. The molecule has 0 atom stereocenters. The van der Waals surface area contributed by atoms with Gasteiger partial charge in [0, 0.05) is 94.2 Å². The van der Waals surface area contributed by atoms with Gasteiger partial charge in [-0.1, -0.05) is 194 Å². The largest absolute Gasteiger partial charge is 0.455 e. The van der Waals surface area contributed by atoms with Gasteiger partial charge < -0.3 is 17.6 Å². The first-order valence-corrected chi connectivity index (χ1v) is 31.1. The minimum Gasteiger partial charge on any atom is -0.455 e. The molecule has 0 N–H and O–H groups in total. The monoisotopic (exact) mass is 1140 g/mol. The van der Waals surface area contributed by atoms with Crippen molar-refractivity contribution in [1.82, 2.24) is 8.80 Å². The van der Waals surface area contributed by atoms with Crippen molar-refractivity contribution in [2.24, 2.45) is 0 Å². The van der Waals surface area contributed by atoms with Crippen LogP contribution in [0.1, 0.15) is 96.0 Å². The van der Waals surface area contributed by atoms with Crippen LogP contribution in [0.2, 0.25) is 0 Å². The maximum absolute atomic E-state index is 11.8. The van der Waals surface area contributed by atoms with Crippen LogP contribution in [0.25, 0.3) is 147 Å². The van der Waals surface area contributed by atoms with Gasteiger partial charge in [0.15, 0.2) is 5.69 Å². The van der Waals surface area contributed by atoms with E-state index >= 15 is 0 Å². The predicted molar refractivity (Wildman–Crippen MR) is 362 cm³/mol. The molecule has 90 heavy (non-hydrogen) atoms. The molecular weight excluding hydrogens is 1100 g/mol. The van der Waals surface area contributed by atoms with Gasteiger partial charge >= 0.3 is 0 Å². The van der Waals surface area contributed by atoms with Crippen LogP contribution >= 0.6 is 0 Å². The number of benzene rings is 13. The lowest BCUT2D eigenvalue weighted by molar-refractivity contribution is 0.672. The van der Waals surface area contributed by atoms with Crippen molar-refractivity contribution in [2.45, 2.75) is 23.7 Å². The average Bonchev–Trinajstić information content (AvgIpc) is 1.43. The molecule has 0 spiro atoms. The van der Waals surface area contributed by atoms with E-state index in [9.17, 15) is 11.8 Å². The molecule has 6 nitrogen and oxygen atoms in total. The van der Waals surface area contributed by atoms with Gasteiger partial charge in [0.2, 0.25) is 0 Å². The molecule has 6 aliphatic carbocycles. The Hall–Kier alpha value is -12.0. The van der Waals surface area contributed by atoms with Crippen molar-refractivity contribution in [1.29, 1.82) is 5.26 Å². The number of rotatable bonds is 2. The smallest absolute Gasteiger partial charge is 0.193 e. The topological polar surface area (TPSA) is 63.2 Å². The molecule has 25 rings (SSSR count). The summed E-state index contributed by atoms with van der Waals surface area (Å²) in [4.78, 5) is 4.57. The van der Waals surface area contributed by atoms with E-state index in [2.05, 4.69) is 250 Å². The zero-order chi connectivity index (χ0) is 58.3. The highest BCUT2D eigenvalue weighted by atomic mass is 16.3. The van der Waals surface area contributed by atoms with Gasteiger partial charge in [-0.25, -0.2) is 4.85 Å². The number of aromatic nitrogens is 2. The quantitative estimate of drug-likeness (QED) is 0.162. The van der Waals surface area contributed by atoms with Crippen molar-refractivity contribution < 1.29 is 8.83 Å². The molecule has 0 unspecified atom stereocenters. The maximum atomic E-state index is 11.8. The molecule has 410 valence electrons. The molecule has 0 saturated heterocycles. The van der Waals surface area contributed by atoms with Gasteiger partial charge in [-0.05, 0) is 114 Å². The summed E-state index contributed by atoms with van der Waals surface area (Å²) in [5.74, 6) is -0.465. The van der Waals surface area contributed by atoms with Crippen LogP contribution in [-0.4, -0.2) is 8.80 Å². The lowest BCUT2D eigenvalue weighted by Crippen LogP contribution is -2.28. The number of fused-ring (bicyclic) bond motifs is 20. The lowest BCUT2D eigenvalue weighted by Gasteiger charge is -2.43.